The van der Waals surface area contributed by atoms with Gasteiger partial charge in [-0.3, -0.25) is 9.48 Å². The van der Waals surface area contributed by atoms with Crippen molar-refractivity contribution < 1.29 is 18.7 Å². The van der Waals surface area contributed by atoms with Crippen LogP contribution in [0.1, 0.15) is 30.6 Å². The highest BCUT2D eigenvalue weighted by Gasteiger charge is 2.19. The molecule has 1 aromatic carbocycles. The molecule has 0 saturated heterocycles. The zero-order valence-electron chi connectivity index (χ0n) is 13.0. The lowest BCUT2D eigenvalue weighted by Crippen LogP contribution is -2.37. The van der Waals surface area contributed by atoms with E-state index in [4.69, 9.17) is 0 Å². The molecule has 124 valence electrons. The highest BCUT2D eigenvalue weighted by atomic mass is 19.2. The topological polar surface area (TPSA) is 67.2 Å². The van der Waals surface area contributed by atoms with Crippen molar-refractivity contribution in [3.8, 4) is 0 Å². The summed E-state index contributed by atoms with van der Waals surface area (Å²) in [5, 5.41) is 16.8. The van der Waals surface area contributed by atoms with Crippen LogP contribution in [0.2, 0.25) is 0 Å². The molecule has 2 aromatic rings. The second kappa shape index (κ2) is 7.32. The molecule has 0 fully saturated rings. The molecule has 0 spiro atoms. The van der Waals surface area contributed by atoms with Crippen molar-refractivity contribution in [2.75, 3.05) is 0 Å². The van der Waals surface area contributed by atoms with Crippen LogP contribution in [0.15, 0.2) is 30.6 Å². The number of benzene rings is 1. The van der Waals surface area contributed by atoms with Crippen LogP contribution in [0, 0.1) is 18.6 Å². The lowest BCUT2D eigenvalue weighted by molar-refractivity contribution is -0.122. The number of nitrogens with zero attached hydrogens (tertiary/aromatic N) is 2. The van der Waals surface area contributed by atoms with Gasteiger partial charge in [-0.05, 0) is 37.1 Å². The quantitative estimate of drug-likeness (QED) is 0.855. The smallest absolute Gasteiger partial charge is 0.222 e. The Morgan fingerprint density at radius 2 is 2.13 bits per heavy atom. The lowest BCUT2D eigenvalue weighted by atomic mass is 10.0. The van der Waals surface area contributed by atoms with Crippen LogP contribution in [-0.2, 0) is 11.3 Å². The average Bonchev–Trinajstić information content (AvgIpc) is 2.93. The molecule has 1 heterocycles. The first-order chi connectivity index (χ1) is 10.9. The molecule has 0 bridgehead atoms. The summed E-state index contributed by atoms with van der Waals surface area (Å²) in [6.07, 6.45) is 2.61. The normalized spacial score (nSPS) is 13.6. The third-order valence-electron chi connectivity index (χ3n) is 3.48. The highest BCUT2D eigenvalue weighted by molar-refractivity contribution is 5.76. The summed E-state index contributed by atoms with van der Waals surface area (Å²) in [4.78, 5) is 11.9. The Labute approximate surface area is 132 Å². The van der Waals surface area contributed by atoms with Gasteiger partial charge in [0.1, 0.15) is 0 Å². The van der Waals surface area contributed by atoms with Gasteiger partial charge in [0.05, 0.1) is 18.3 Å². The van der Waals surface area contributed by atoms with Gasteiger partial charge in [0.25, 0.3) is 0 Å². The van der Waals surface area contributed by atoms with Crippen molar-refractivity contribution >= 4 is 5.91 Å². The molecule has 0 aliphatic rings. The fourth-order valence-corrected chi connectivity index (χ4v) is 2.20. The average molecular weight is 323 g/mol. The Bertz CT molecular complexity index is 688. The summed E-state index contributed by atoms with van der Waals surface area (Å²) in [5.74, 6) is -2.27. The zero-order valence-corrected chi connectivity index (χ0v) is 13.0. The van der Waals surface area contributed by atoms with Gasteiger partial charge in [0, 0.05) is 19.2 Å². The number of nitrogens with one attached hydrogen (secondary N) is 1. The van der Waals surface area contributed by atoms with Gasteiger partial charge < -0.3 is 10.4 Å². The van der Waals surface area contributed by atoms with E-state index in [1.165, 1.54) is 6.07 Å². The molecule has 7 heteroatoms. The van der Waals surface area contributed by atoms with Crippen molar-refractivity contribution in [3.63, 3.8) is 0 Å². The predicted molar refractivity (Wildman–Crippen MR) is 80.5 cm³/mol. The van der Waals surface area contributed by atoms with E-state index < -0.39 is 23.8 Å². The molecule has 1 aromatic heterocycles. The van der Waals surface area contributed by atoms with E-state index in [0.29, 0.717) is 6.54 Å². The van der Waals surface area contributed by atoms with Crippen molar-refractivity contribution in [1.29, 1.82) is 0 Å². The molecule has 2 rings (SSSR count). The van der Waals surface area contributed by atoms with Crippen LogP contribution in [0.25, 0.3) is 0 Å². The van der Waals surface area contributed by atoms with Crippen LogP contribution in [0.3, 0.4) is 0 Å². The van der Waals surface area contributed by atoms with Crippen molar-refractivity contribution in [1.82, 2.24) is 15.1 Å². The van der Waals surface area contributed by atoms with Crippen LogP contribution in [0.5, 0.6) is 0 Å². The van der Waals surface area contributed by atoms with Crippen molar-refractivity contribution in [2.24, 2.45) is 0 Å². The molecule has 2 N–H and O–H groups in total. The number of aliphatic hydroxyl groups excluding tert-OH is 1. The number of aryl methyl sites for hydroxylation is 2. The highest BCUT2D eigenvalue weighted by Crippen LogP contribution is 2.19. The Kier molecular flexibility index (Phi) is 5.44. The number of rotatable bonds is 6. The van der Waals surface area contributed by atoms with E-state index in [2.05, 4.69) is 10.4 Å². The number of hydrogen-bond donors (Lipinski definition) is 2. The molecule has 1 amide bonds. The summed E-state index contributed by atoms with van der Waals surface area (Å²) < 4.78 is 27.8. The largest absolute Gasteiger partial charge is 0.386 e. The molecule has 5 nitrogen and oxygen atoms in total. The van der Waals surface area contributed by atoms with Gasteiger partial charge >= 0.3 is 0 Å². The summed E-state index contributed by atoms with van der Waals surface area (Å²) in [6, 6.07) is 2.53. The number of carbonyl (C=O) groups is 1. The third kappa shape index (κ3) is 4.59. The second-order valence-corrected chi connectivity index (χ2v) is 5.51. The number of amides is 1. The van der Waals surface area contributed by atoms with Gasteiger partial charge in [-0.1, -0.05) is 6.07 Å². The maximum Gasteiger partial charge on any atom is 0.222 e. The maximum atomic E-state index is 13.2. The van der Waals surface area contributed by atoms with Crippen LogP contribution >= 0.6 is 0 Å². The SMILES string of the molecule is Cc1cnn(CCC(=O)NC(C)C(O)c2ccc(F)c(F)c2)c1. The molecule has 23 heavy (non-hydrogen) atoms. The van der Waals surface area contributed by atoms with Gasteiger partial charge in [-0.25, -0.2) is 8.78 Å². The first-order valence-corrected chi connectivity index (χ1v) is 7.28. The Morgan fingerprint density at radius 1 is 1.39 bits per heavy atom. The van der Waals surface area contributed by atoms with E-state index in [-0.39, 0.29) is 17.9 Å². The van der Waals surface area contributed by atoms with Gasteiger partial charge in [-0.2, -0.15) is 5.10 Å². The first-order valence-electron chi connectivity index (χ1n) is 7.28. The lowest BCUT2D eigenvalue weighted by Gasteiger charge is -2.20. The van der Waals surface area contributed by atoms with Crippen molar-refractivity contribution in [3.05, 3.63) is 53.4 Å². The molecule has 0 saturated carbocycles. The number of carbonyl (C=O) groups excluding carboxylic acids is 1. The summed E-state index contributed by atoms with van der Waals surface area (Å²) >= 11 is 0. The van der Waals surface area contributed by atoms with E-state index in [1.54, 1.807) is 17.8 Å². The number of halogens is 2. The van der Waals surface area contributed by atoms with Gasteiger partial charge in [0.15, 0.2) is 11.6 Å². The molecular formula is C16H19F2N3O2. The van der Waals surface area contributed by atoms with Crippen LogP contribution in [-0.4, -0.2) is 26.8 Å². The minimum Gasteiger partial charge on any atom is -0.386 e. The number of aliphatic hydroxyl groups is 1. The number of hydrogen-bond acceptors (Lipinski definition) is 3. The van der Waals surface area contributed by atoms with Gasteiger partial charge in [-0.15, -0.1) is 0 Å². The molecular weight excluding hydrogens is 304 g/mol. The van der Waals surface area contributed by atoms with E-state index >= 15 is 0 Å². The fourth-order valence-electron chi connectivity index (χ4n) is 2.20. The van der Waals surface area contributed by atoms with E-state index in [0.717, 1.165) is 17.7 Å². The zero-order chi connectivity index (χ0) is 17.0. The molecule has 0 aliphatic carbocycles. The maximum absolute atomic E-state index is 13.2. The molecule has 2 atom stereocenters. The molecule has 0 aliphatic heterocycles. The fraction of sp³-hybridized carbons (Fsp3) is 0.375. The number of aromatic nitrogens is 2. The van der Waals surface area contributed by atoms with E-state index in [9.17, 15) is 18.7 Å². The third-order valence-corrected chi connectivity index (χ3v) is 3.48. The Hall–Kier alpha value is -2.28. The van der Waals surface area contributed by atoms with E-state index in [1.807, 2.05) is 13.1 Å². The second-order valence-electron chi connectivity index (χ2n) is 5.51. The standard InChI is InChI=1S/C16H19F2N3O2/c1-10-8-19-21(9-10)6-5-15(22)20-11(2)16(23)12-3-4-13(17)14(18)7-12/h3-4,7-9,11,16,23H,5-6H2,1-2H3,(H,20,22). The Morgan fingerprint density at radius 3 is 2.74 bits per heavy atom. The summed E-state index contributed by atoms with van der Waals surface area (Å²) in [6.45, 7) is 3.93. The Balaban J connectivity index is 1.88. The summed E-state index contributed by atoms with van der Waals surface area (Å²) in [5.41, 5.74) is 1.21. The first kappa shape index (κ1) is 17.1. The minimum absolute atomic E-state index is 0.204. The van der Waals surface area contributed by atoms with Gasteiger partial charge in [0.2, 0.25) is 5.91 Å². The van der Waals surface area contributed by atoms with Crippen molar-refractivity contribution in [2.45, 2.75) is 39.0 Å². The molecule has 2 unspecified atom stereocenters. The van der Waals surface area contributed by atoms with Crippen LogP contribution in [0.4, 0.5) is 8.78 Å². The molecule has 0 radical (unpaired) electrons. The minimum atomic E-state index is -1.12. The van der Waals surface area contributed by atoms with Crippen LogP contribution < -0.4 is 5.32 Å². The summed E-state index contributed by atoms with van der Waals surface area (Å²) in [7, 11) is 0. The monoisotopic (exact) mass is 323 g/mol. The predicted octanol–water partition coefficient (Wildman–Crippen LogP) is 2.10.